The number of nitrogens with one attached hydrogen (secondary N) is 1. The summed E-state index contributed by atoms with van der Waals surface area (Å²) in [5, 5.41) is 3.43. The van der Waals surface area contributed by atoms with Gasteiger partial charge in [0.2, 0.25) is 0 Å². The maximum Gasteiger partial charge on any atom is 0.121 e. The van der Waals surface area contributed by atoms with Gasteiger partial charge in [-0.05, 0) is 42.7 Å². The van der Waals surface area contributed by atoms with Crippen LogP contribution < -0.4 is 14.8 Å². The molecule has 0 unspecified atom stereocenters. The van der Waals surface area contributed by atoms with Crippen LogP contribution in [0.15, 0.2) is 48.5 Å². The van der Waals surface area contributed by atoms with E-state index >= 15 is 0 Å². The van der Waals surface area contributed by atoms with Crippen molar-refractivity contribution in [2.75, 3.05) is 31.7 Å². The Morgan fingerprint density at radius 2 is 1.68 bits per heavy atom. The third-order valence-electron chi connectivity index (χ3n) is 3.51. The first-order chi connectivity index (χ1) is 12.2. The molecule has 0 amide bonds. The van der Waals surface area contributed by atoms with Crippen molar-refractivity contribution in [3.05, 3.63) is 54.1 Å². The van der Waals surface area contributed by atoms with E-state index in [9.17, 15) is 0 Å². The molecular weight excluding hydrogens is 314 g/mol. The van der Waals surface area contributed by atoms with E-state index in [-0.39, 0.29) is 0 Å². The predicted molar refractivity (Wildman–Crippen MR) is 103 cm³/mol. The van der Waals surface area contributed by atoms with E-state index in [1.807, 2.05) is 43.3 Å². The Morgan fingerprint density at radius 3 is 2.44 bits per heavy atom. The van der Waals surface area contributed by atoms with Gasteiger partial charge in [-0.1, -0.05) is 32.0 Å². The van der Waals surface area contributed by atoms with E-state index in [1.54, 1.807) is 0 Å². The van der Waals surface area contributed by atoms with Gasteiger partial charge in [-0.15, -0.1) is 0 Å². The summed E-state index contributed by atoms with van der Waals surface area (Å²) < 4.78 is 16.8. The number of benzene rings is 2. The molecule has 0 aliphatic carbocycles. The third-order valence-corrected chi connectivity index (χ3v) is 3.51. The van der Waals surface area contributed by atoms with Crippen molar-refractivity contribution >= 4 is 5.69 Å². The Labute approximate surface area is 151 Å². The summed E-state index contributed by atoms with van der Waals surface area (Å²) in [5.41, 5.74) is 2.21. The zero-order valence-corrected chi connectivity index (χ0v) is 15.5. The number of rotatable bonds is 11. The molecule has 0 aliphatic heterocycles. The molecule has 0 fully saturated rings. The Balaban J connectivity index is 1.85. The second-order valence-electron chi connectivity index (χ2n) is 6.28. The number of hydrogen-bond donors (Lipinski definition) is 1. The van der Waals surface area contributed by atoms with Crippen LogP contribution >= 0.6 is 0 Å². The molecule has 0 saturated carbocycles. The molecule has 25 heavy (non-hydrogen) atoms. The molecule has 0 atom stereocenters. The number of anilines is 1. The smallest absolute Gasteiger partial charge is 0.121 e. The molecule has 0 aromatic heterocycles. The van der Waals surface area contributed by atoms with Crippen molar-refractivity contribution in [3.63, 3.8) is 0 Å². The predicted octanol–water partition coefficient (Wildman–Crippen LogP) is 4.75. The Morgan fingerprint density at radius 1 is 0.920 bits per heavy atom. The lowest BCUT2D eigenvalue weighted by atomic mass is 10.2. The summed E-state index contributed by atoms with van der Waals surface area (Å²) >= 11 is 0. The van der Waals surface area contributed by atoms with Gasteiger partial charge in [-0.25, -0.2) is 0 Å². The summed E-state index contributed by atoms with van der Waals surface area (Å²) in [6.45, 7) is 9.63. The minimum Gasteiger partial charge on any atom is -0.493 e. The quantitative estimate of drug-likeness (QED) is 0.598. The highest BCUT2D eigenvalue weighted by Crippen LogP contribution is 2.20. The van der Waals surface area contributed by atoms with Gasteiger partial charge in [-0.3, -0.25) is 0 Å². The van der Waals surface area contributed by atoms with Crippen LogP contribution in [0.4, 0.5) is 5.69 Å². The second-order valence-corrected chi connectivity index (χ2v) is 6.28. The third kappa shape index (κ3) is 7.48. The first kappa shape index (κ1) is 19.1. The van der Waals surface area contributed by atoms with E-state index in [4.69, 9.17) is 14.2 Å². The summed E-state index contributed by atoms with van der Waals surface area (Å²) in [4.78, 5) is 0. The average molecular weight is 343 g/mol. The lowest BCUT2D eigenvalue weighted by molar-refractivity contribution is 0.110. The lowest BCUT2D eigenvalue weighted by Gasteiger charge is -2.12. The molecule has 4 nitrogen and oxygen atoms in total. The molecule has 1 N–H and O–H groups in total. The van der Waals surface area contributed by atoms with Gasteiger partial charge in [0.25, 0.3) is 0 Å². The highest BCUT2D eigenvalue weighted by atomic mass is 16.5. The SMILES string of the molecule is CCOCCOc1cccc(CNc2cccc(OCC(C)C)c2)c1. The molecular formula is C21H29NO3. The fourth-order valence-electron chi connectivity index (χ4n) is 2.27. The van der Waals surface area contributed by atoms with Crippen LogP contribution in [0.25, 0.3) is 0 Å². The fourth-order valence-corrected chi connectivity index (χ4v) is 2.27. The monoisotopic (exact) mass is 343 g/mol. The first-order valence-electron chi connectivity index (χ1n) is 8.93. The normalized spacial score (nSPS) is 10.7. The van der Waals surface area contributed by atoms with E-state index in [1.165, 1.54) is 5.56 Å². The molecule has 136 valence electrons. The highest BCUT2D eigenvalue weighted by molar-refractivity contribution is 5.48. The topological polar surface area (TPSA) is 39.7 Å². The summed E-state index contributed by atoms with van der Waals surface area (Å²) in [5.74, 6) is 2.28. The molecule has 2 rings (SSSR count). The zero-order chi connectivity index (χ0) is 17.9. The van der Waals surface area contributed by atoms with Crippen molar-refractivity contribution in [1.29, 1.82) is 0 Å². The molecule has 4 heteroatoms. The minimum absolute atomic E-state index is 0.516. The lowest BCUT2D eigenvalue weighted by Crippen LogP contribution is -2.07. The van der Waals surface area contributed by atoms with Crippen LogP contribution in [-0.2, 0) is 11.3 Å². The molecule has 0 spiro atoms. The molecule has 0 heterocycles. The van der Waals surface area contributed by atoms with Crippen LogP contribution in [0.5, 0.6) is 11.5 Å². The van der Waals surface area contributed by atoms with Gasteiger partial charge in [0.1, 0.15) is 18.1 Å². The minimum atomic E-state index is 0.516. The molecule has 2 aromatic carbocycles. The van der Waals surface area contributed by atoms with Gasteiger partial charge < -0.3 is 19.5 Å². The summed E-state index contributed by atoms with van der Waals surface area (Å²) in [7, 11) is 0. The number of hydrogen-bond acceptors (Lipinski definition) is 4. The van der Waals surface area contributed by atoms with Crippen molar-refractivity contribution in [2.24, 2.45) is 5.92 Å². The van der Waals surface area contributed by atoms with Crippen LogP contribution in [0, 0.1) is 5.92 Å². The summed E-state index contributed by atoms with van der Waals surface area (Å²) in [6, 6.07) is 16.2. The van der Waals surface area contributed by atoms with Gasteiger partial charge in [0.15, 0.2) is 0 Å². The van der Waals surface area contributed by atoms with E-state index < -0.39 is 0 Å². The second kappa shape index (κ2) is 10.6. The molecule has 0 saturated heterocycles. The van der Waals surface area contributed by atoms with Crippen LogP contribution in [-0.4, -0.2) is 26.4 Å². The van der Waals surface area contributed by atoms with Crippen LogP contribution in [0.1, 0.15) is 26.3 Å². The highest BCUT2D eigenvalue weighted by Gasteiger charge is 2.01. The van der Waals surface area contributed by atoms with Crippen LogP contribution in [0.3, 0.4) is 0 Å². The van der Waals surface area contributed by atoms with E-state index in [0.29, 0.717) is 25.7 Å². The molecule has 0 bridgehead atoms. The van der Waals surface area contributed by atoms with Gasteiger partial charge in [0.05, 0.1) is 13.2 Å². The Bertz CT molecular complexity index is 628. The fraction of sp³-hybridized carbons (Fsp3) is 0.429. The van der Waals surface area contributed by atoms with Gasteiger partial charge in [-0.2, -0.15) is 0 Å². The maximum absolute atomic E-state index is 5.77. The van der Waals surface area contributed by atoms with Gasteiger partial charge >= 0.3 is 0 Å². The zero-order valence-electron chi connectivity index (χ0n) is 15.5. The maximum atomic E-state index is 5.77. The van der Waals surface area contributed by atoms with Crippen molar-refractivity contribution in [2.45, 2.75) is 27.3 Å². The van der Waals surface area contributed by atoms with E-state index in [0.717, 1.165) is 30.3 Å². The van der Waals surface area contributed by atoms with Gasteiger partial charge in [0, 0.05) is 24.9 Å². The largest absolute Gasteiger partial charge is 0.493 e. The van der Waals surface area contributed by atoms with Crippen molar-refractivity contribution in [3.8, 4) is 11.5 Å². The average Bonchev–Trinajstić information content (AvgIpc) is 2.63. The standard InChI is InChI=1S/C21H29NO3/c1-4-23-11-12-24-20-9-5-7-18(13-20)15-22-19-8-6-10-21(14-19)25-16-17(2)3/h5-10,13-14,17,22H,4,11-12,15-16H2,1-3H3. The van der Waals surface area contributed by atoms with Crippen molar-refractivity contribution in [1.82, 2.24) is 0 Å². The Hall–Kier alpha value is -2.20. The Kier molecular flexibility index (Phi) is 8.13. The van der Waals surface area contributed by atoms with Crippen molar-refractivity contribution < 1.29 is 14.2 Å². The number of ether oxygens (including phenoxy) is 3. The molecule has 0 radical (unpaired) electrons. The molecule has 0 aliphatic rings. The summed E-state index contributed by atoms with van der Waals surface area (Å²) in [6.07, 6.45) is 0. The van der Waals surface area contributed by atoms with Crippen LogP contribution in [0.2, 0.25) is 0 Å². The van der Waals surface area contributed by atoms with E-state index in [2.05, 4.69) is 31.3 Å². The molecule has 2 aromatic rings. The first-order valence-corrected chi connectivity index (χ1v) is 8.93.